The second kappa shape index (κ2) is 9.33. The molecule has 6 nitrogen and oxygen atoms in total. The third-order valence-corrected chi connectivity index (χ3v) is 3.04. The molecule has 8 heteroatoms. The van der Waals surface area contributed by atoms with Gasteiger partial charge in [-0.2, -0.15) is 5.10 Å². The highest BCUT2D eigenvalue weighted by molar-refractivity contribution is 6.42. The van der Waals surface area contributed by atoms with Crippen LogP contribution in [0, 0.1) is 0 Å². The predicted octanol–water partition coefficient (Wildman–Crippen LogP) is 1.60. The Hall–Kier alpha value is -1.63. The van der Waals surface area contributed by atoms with Crippen LogP contribution in [0.2, 0.25) is 10.0 Å². The van der Waals surface area contributed by atoms with Crippen LogP contribution in [0.15, 0.2) is 23.3 Å². The Morgan fingerprint density at radius 2 is 2.05 bits per heavy atom. The minimum Gasteiger partial charge on any atom is -0.383 e. The average molecular weight is 332 g/mol. The average Bonchev–Trinajstić information content (AvgIpc) is 2.43. The Balaban J connectivity index is 2.36. The fourth-order valence-corrected chi connectivity index (χ4v) is 1.62. The van der Waals surface area contributed by atoms with Gasteiger partial charge in [-0.1, -0.05) is 29.3 Å². The lowest BCUT2D eigenvalue weighted by atomic mass is 10.2. The van der Waals surface area contributed by atoms with Crippen molar-refractivity contribution in [3.8, 4) is 0 Å². The molecule has 0 spiro atoms. The van der Waals surface area contributed by atoms with Crippen molar-refractivity contribution in [3.63, 3.8) is 0 Å². The number of methoxy groups -OCH3 is 1. The molecular weight excluding hydrogens is 317 g/mol. The maximum absolute atomic E-state index is 11.4. The van der Waals surface area contributed by atoms with Gasteiger partial charge in [-0.3, -0.25) is 9.59 Å². The maximum atomic E-state index is 11.4. The number of nitrogens with zero attached hydrogens (tertiary/aromatic N) is 1. The molecule has 2 amide bonds. The summed E-state index contributed by atoms with van der Waals surface area (Å²) in [7, 11) is 1.52. The Bertz CT molecular complexity index is 535. The largest absolute Gasteiger partial charge is 0.383 e. The number of ether oxygens (including phenoxy) is 1. The van der Waals surface area contributed by atoms with Gasteiger partial charge in [0.25, 0.3) is 0 Å². The minimum absolute atomic E-state index is 0.303. The number of hydrazone groups is 1. The highest BCUT2D eigenvalue weighted by Crippen LogP contribution is 2.21. The maximum Gasteiger partial charge on any atom is 0.249 e. The van der Waals surface area contributed by atoms with E-state index < -0.39 is 11.8 Å². The van der Waals surface area contributed by atoms with Gasteiger partial charge in [0.1, 0.15) is 6.42 Å². The molecule has 0 aliphatic heterocycles. The molecule has 0 heterocycles. The van der Waals surface area contributed by atoms with E-state index in [1.165, 1.54) is 13.3 Å². The molecular formula is C13H15Cl2N3O3. The van der Waals surface area contributed by atoms with Gasteiger partial charge in [-0.05, 0) is 17.7 Å². The molecule has 21 heavy (non-hydrogen) atoms. The van der Waals surface area contributed by atoms with Crippen molar-refractivity contribution in [2.24, 2.45) is 5.10 Å². The summed E-state index contributed by atoms with van der Waals surface area (Å²) in [4.78, 5) is 22.8. The molecule has 0 aliphatic carbocycles. The van der Waals surface area contributed by atoms with E-state index in [1.54, 1.807) is 18.2 Å². The second-order valence-electron chi connectivity index (χ2n) is 3.99. The molecule has 0 radical (unpaired) electrons. The lowest BCUT2D eigenvalue weighted by Crippen LogP contribution is -2.31. The first-order valence-electron chi connectivity index (χ1n) is 6.05. The van der Waals surface area contributed by atoms with Gasteiger partial charge in [0.15, 0.2) is 0 Å². The fraction of sp³-hybridized carbons (Fsp3) is 0.308. The monoisotopic (exact) mass is 331 g/mol. The van der Waals surface area contributed by atoms with E-state index in [9.17, 15) is 9.59 Å². The molecule has 0 aliphatic rings. The number of hydrogen-bond acceptors (Lipinski definition) is 4. The smallest absolute Gasteiger partial charge is 0.249 e. The standard InChI is InChI=1S/C13H15Cl2N3O3/c1-21-5-4-16-12(19)7-13(20)18-17-8-9-2-3-10(14)11(15)6-9/h2-3,6,8H,4-5,7H2,1H3,(H,16,19)(H,18,20)/b17-8-. The third-order valence-electron chi connectivity index (χ3n) is 2.30. The Morgan fingerprint density at radius 1 is 1.29 bits per heavy atom. The van der Waals surface area contributed by atoms with Crippen LogP contribution >= 0.6 is 23.2 Å². The van der Waals surface area contributed by atoms with Gasteiger partial charge < -0.3 is 10.1 Å². The van der Waals surface area contributed by atoms with Gasteiger partial charge in [0, 0.05) is 13.7 Å². The number of halogens is 2. The van der Waals surface area contributed by atoms with Gasteiger partial charge in [-0.25, -0.2) is 5.43 Å². The van der Waals surface area contributed by atoms with Crippen LogP contribution < -0.4 is 10.7 Å². The third kappa shape index (κ3) is 7.08. The van der Waals surface area contributed by atoms with Crippen molar-refractivity contribution in [3.05, 3.63) is 33.8 Å². The van der Waals surface area contributed by atoms with E-state index >= 15 is 0 Å². The van der Waals surface area contributed by atoms with Crippen LogP contribution in [0.25, 0.3) is 0 Å². The van der Waals surface area contributed by atoms with Crippen LogP contribution in [0.3, 0.4) is 0 Å². The molecule has 0 saturated heterocycles. The van der Waals surface area contributed by atoms with E-state index in [1.807, 2.05) is 0 Å². The van der Waals surface area contributed by atoms with Crippen molar-refractivity contribution in [2.75, 3.05) is 20.3 Å². The summed E-state index contributed by atoms with van der Waals surface area (Å²) in [5.74, 6) is -0.907. The minimum atomic E-state index is -0.513. The van der Waals surface area contributed by atoms with Gasteiger partial charge in [-0.15, -0.1) is 0 Å². The van der Waals surface area contributed by atoms with Crippen LogP contribution in [0.4, 0.5) is 0 Å². The van der Waals surface area contributed by atoms with Crippen molar-refractivity contribution in [1.82, 2.24) is 10.7 Å². The number of carbonyl (C=O) groups is 2. The highest BCUT2D eigenvalue weighted by atomic mass is 35.5. The Labute approximate surface area is 132 Å². The zero-order valence-electron chi connectivity index (χ0n) is 11.4. The van der Waals surface area contributed by atoms with Crippen LogP contribution in [0.5, 0.6) is 0 Å². The summed E-state index contributed by atoms with van der Waals surface area (Å²) in [6.07, 6.45) is 1.10. The Kier molecular flexibility index (Phi) is 7.74. The first kappa shape index (κ1) is 17.4. The SMILES string of the molecule is COCCNC(=O)CC(=O)N/N=C\c1ccc(Cl)c(Cl)c1. The van der Waals surface area contributed by atoms with Gasteiger partial charge >= 0.3 is 0 Å². The lowest BCUT2D eigenvalue weighted by Gasteiger charge is -2.03. The van der Waals surface area contributed by atoms with Crippen LogP contribution in [0.1, 0.15) is 12.0 Å². The van der Waals surface area contributed by atoms with Gasteiger partial charge in [0.2, 0.25) is 11.8 Å². The second-order valence-corrected chi connectivity index (χ2v) is 4.80. The van der Waals surface area contributed by atoms with Crippen molar-refractivity contribution >= 4 is 41.2 Å². The highest BCUT2D eigenvalue weighted by Gasteiger charge is 2.07. The Morgan fingerprint density at radius 3 is 2.71 bits per heavy atom. The number of rotatable bonds is 7. The summed E-state index contributed by atoms with van der Waals surface area (Å²) >= 11 is 11.6. The molecule has 0 aromatic heterocycles. The molecule has 0 atom stereocenters. The number of amides is 2. The molecule has 0 bridgehead atoms. The molecule has 114 valence electrons. The number of benzene rings is 1. The van der Waals surface area contributed by atoms with E-state index in [2.05, 4.69) is 15.8 Å². The first-order chi connectivity index (χ1) is 10.0. The summed E-state index contributed by atoms with van der Waals surface area (Å²) in [6.45, 7) is 0.748. The fourth-order valence-electron chi connectivity index (χ4n) is 1.31. The number of carbonyl (C=O) groups excluding carboxylic acids is 2. The quantitative estimate of drug-likeness (QED) is 0.344. The van der Waals surface area contributed by atoms with E-state index in [0.29, 0.717) is 28.8 Å². The summed E-state index contributed by atoms with van der Waals surface area (Å²) in [5.41, 5.74) is 2.92. The van der Waals surface area contributed by atoms with Crippen molar-refractivity contribution < 1.29 is 14.3 Å². The normalized spacial score (nSPS) is 10.6. The molecule has 0 unspecified atom stereocenters. The van der Waals surface area contributed by atoms with E-state index in [-0.39, 0.29) is 6.42 Å². The molecule has 1 aromatic rings. The zero-order valence-corrected chi connectivity index (χ0v) is 12.9. The molecule has 0 saturated carbocycles. The van der Waals surface area contributed by atoms with Crippen LogP contribution in [-0.2, 0) is 14.3 Å². The molecule has 2 N–H and O–H groups in total. The summed E-state index contributed by atoms with van der Waals surface area (Å²) < 4.78 is 4.77. The summed E-state index contributed by atoms with van der Waals surface area (Å²) in [5, 5.41) is 7.09. The molecule has 1 rings (SSSR count). The van der Waals surface area contributed by atoms with E-state index in [4.69, 9.17) is 27.9 Å². The first-order valence-corrected chi connectivity index (χ1v) is 6.81. The molecule has 0 fully saturated rings. The summed E-state index contributed by atoms with van der Waals surface area (Å²) in [6, 6.07) is 4.93. The van der Waals surface area contributed by atoms with E-state index in [0.717, 1.165) is 0 Å². The lowest BCUT2D eigenvalue weighted by molar-refractivity contribution is -0.129. The van der Waals surface area contributed by atoms with Crippen molar-refractivity contribution in [1.29, 1.82) is 0 Å². The zero-order chi connectivity index (χ0) is 15.7. The van der Waals surface area contributed by atoms with Crippen LogP contribution in [-0.4, -0.2) is 38.3 Å². The number of hydrogen-bond donors (Lipinski definition) is 2. The van der Waals surface area contributed by atoms with Gasteiger partial charge in [0.05, 0.1) is 22.9 Å². The number of nitrogens with one attached hydrogen (secondary N) is 2. The topological polar surface area (TPSA) is 79.8 Å². The molecule has 1 aromatic carbocycles. The van der Waals surface area contributed by atoms with Crippen molar-refractivity contribution in [2.45, 2.75) is 6.42 Å². The predicted molar refractivity (Wildman–Crippen MR) is 81.7 cm³/mol.